The van der Waals surface area contributed by atoms with Crippen molar-refractivity contribution in [3.63, 3.8) is 0 Å². The van der Waals surface area contributed by atoms with Crippen LogP contribution < -0.4 is 4.72 Å². The van der Waals surface area contributed by atoms with E-state index < -0.39 is 10.0 Å². The molecule has 0 spiro atoms. The molecule has 9 nitrogen and oxygen atoms in total. The number of sulfonamides is 1. The Morgan fingerprint density at radius 1 is 1.03 bits per heavy atom. The van der Waals surface area contributed by atoms with Gasteiger partial charge in [-0.3, -0.25) is 0 Å². The summed E-state index contributed by atoms with van der Waals surface area (Å²) >= 11 is 0. The van der Waals surface area contributed by atoms with Crippen molar-refractivity contribution >= 4 is 16.0 Å². The molecule has 3 rings (SSSR count). The molecule has 1 N–H and O–H groups in total. The van der Waals surface area contributed by atoms with Gasteiger partial charge in [-0.1, -0.05) is 56.3 Å². The lowest BCUT2D eigenvalue weighted by Crippen LogP contribution is -2.27. The van der Waals surface area contributed by atoms with Gasteiger partial charge in [0.15, 0.2) is 5.69 Å². The number of nitrogens with one attached hydrogen (secondary N) is 1. The monoisotopic (exact) mass is 543 g/mol. The molecule has 1 heterocycles. The third kappa shape index (κ3) is 7.28. The summed E-state index contributed by atoms with van der Waals surface area (Å²) in [7, 11) is -2.25. The maximum Gasteiger partial charge on any atom is 0.356 e. The van der Waals surface area contributed by atoms with E-state index >= 15 is 0 Å². The molecule has 0 aliphatic heterocycles. The number of hydrogen-bond donors (Lipinski definition) is 1. The summed E-state index contributed by atoms with van der Waals surface area (Å²) in [5, 5.41) is 0. The summed E-state index contributed by atoms with van der Waals surface area (Å²) in [6.45, 7) is 7.12. The van der Waals surface area contributed by atoms with E-state index in [1.807, 2.05) is 35.8 Å². The summed E-state index contributed by atoms with van der Waals surface area (Å²) in [6.07, 6.45) is 2.28. The van der Waals surface area contributed by atoms with Gasteiger partial charge in [0, 0.05) is 25.6 Å². The molecule has 1 aromatic heterocycles. The first kappa shape index (κ1) is 29.5. The van der Waals surface area contributed by atoms with Crippen LogP contribution in [0.15, 0.2) is 53.4 Å². The van der Waals surface area contributed by atoms with E-state index in [0.29, 0.717) is 37.4 Å². The Hall–Kier alpha value is -3.05. The molecular weight excluding hydrogens is 506 g/mol. The SMILES string of the molecule is CCCc1nc(CC)c(C(=O)OCC)n1Cc1ccc(-c2ccccc2S(=O)(=O)NCOCCOC)cc1. The number of carbonyl (C=O) groups excluding carboxylic acids is 1. The minimum Gasteiger partial charge on any atom is -0.461 e. The highest BCUT2D eigenvalue weighted by Gasteiger charge is 2.23. The molecule has 0 radical (unpaired) electrons. The summed E-state index contributed by atoms with van der Waals surface area (Å²) in [5.41, 5.74) is 3.53. The van der Waals surface area contributed by atoms with Gasteiger partial charge in [0.1, 0.15) is 12.6 Å². The van der Waals surface area contributed by atoms with Crippen molar-refractivity contribution in [2.45, 2.75) is 51.5 Å². The zero-order chi connectivity index (χ0) is 27.5. The first-order valence-electron chi connectivity index (χ1n) is 12.9. The van der Waals surface area contributed by atoms with E-state index in [2.05, 4.69) is 11.6 Å². The van der Waals surface area contributed by atoms with Gasteiger partial charge in [-0.25, -0.2) is 18.2 Å². The van der Waals surface area contributed by atoms with Crippen molar-refractivity contribution in [1.82, 2.24) is 14.3 Å². The lowest BCUT2D eigenvalue weighted by atomic mass is 10.0. The van der Waals surface area contributed by atoms with Crippen LogP contribution in [-0.2, 0) is 43.6 Å². The molecule has 0 atom stereocenters. The Morgan fingerprint density at radius 2 is 1.76 bits per heavy atom. The fourth-order valence-corrected chi connectivity index (χ4v) is 5.26. The number of nitrogens with zero attached hydrogens (tertiary/aromatic N) is 2. The van der Waals surface area contributed by atoms with Crippen molar-refractivity contribution in [3.05, 3.63) is 71.3 Å². The van der Waals surface area contributed by atoms with E-state index in [1.165, 1.54) is 0 Å². The smallest absolute Gasteiger partial charge is 0.356 e. The quantitative estimate of drug-likeness (QED) is 0.174. The molecule has 0 aliphatic rings. The lowest BCUT2D eigenvalue weighted by Gasteiger charge is -2.14. The van der Waals surface area contributed by atoms with Crippen molar-refractivity contribution in [2.24, 2.45) is 0 Å². The van der Waals surface area contributed by atoms with Crippen LogP contribution in [0.1, 0.15) is 54.8 Å². The summed E-state index contributed by atoms with van der Waals surface area (Å²) in [6, 6.07) is 14.5. The maximum absolute atomic E-state index is 13.0. The van der Waals surface area contributed by atoms with Crippen LogP contribution in [-0.4, -0.2) is 57.6 Å². The van der Waals surface area contributed by atoms with E-state index in [0.717, 1.165) is 35.5 Å². The van der Waals surface area contributed by atoms with Crippen LogP contribution in [0.2, 0.25) is 0 Å². The third-order valence-electron chi connectivity index (χ3n) is 5.96. The Bertz CT molecular complexity index is 1300. The van der Waals surface area contributed by atoms with E-state index in [4.69, 9.17) is 19.2 Å². The number of methoxy groups -OCH3 is 1. The highest BCUT2D eigenvalue weighted by atomic mass is 32.2. The molecule has 0 saturated heterocycles. The zero-order valence-corrected chi connectivity index (χ0v) is 23.3. The van der Waals surface area contributed by atoms with Crippen molar-refractivity contribution in [3.8, 4) is 11.1 Å². The number of aromatic nitrogens is 2. The molecule has 0 aliphatic carbocycles. The van der Waals surface area contributed by atoms with Crippen LogP contribution in [0.5, 0.6) is 0 Å². The molecular formula is C28H37N3O6S. The average Bonchev–Trinajstić information content (AvgIpc) is 3.26. The Balaban J connectivity index is 1.87. The fourth-order valence-electron chi connectivity index (χ4n) is 4.14. The van der Waals surface area contributed by atoms with Gasteiger partial charge in [0.25, 0.3) is 0 Å². The van der Waals surface area contributed by atoms with Crippen molar-refractivity contribution < 1.29 is 27.4 Å². The number of esters is 1. The fraction of sp³-hybridized carbons (Fsp3) is 0.429. The maximum atomic E-state index is 13.0. The Kier molecular flexibility index (Phi) is 11.0. The minimum atomic E-state index is -3.80. The van der Waals surface area contributed by atoms with Gasteiger partial charge < -0.3 is 18.8 Å². The number of aryl methyl sites for hydroxylation is 2. The molecule has 3 aromatic rings. The number of ether oxygens (including phenoxy) is 3. The van der Waals surface area contributed by atoms with Crippen LogP contribution in [0.25, 0.3) is 11.1 Å². The minimum absolute atomic E-state index is 0.146. The zero-order valence-electron chi connectivity index (χ0n) is 22.5. The van der Waals surface area contributed by atoms with Gasteiger partial charge in [0.05, 0.1) is 30.4 Å². The number of hydrogen-bond acceptors (Lipinski definition) is 7. The second kappa shape index (κ2) is 14.2. The molecule has 206 valence electrons. The number of rotatable bonds is 15. The largest absolute Gasteiger partial charge is 0.461 e. The van der Waals surface area contributed by atoms with Crippen LogP contribution in [0.4, 0.5) is 0 Å². The second-order valence-corrected chi connectivity index (χ2v) is 10.4. The predicted molar refractivity (Wildman–Crippen MR) is 146 cm³/mol. The molecule has 0 amide bonds. The van der Waals surface area contributed by atoms with Crippen LogP contribution in [0.3, 0.4) is 0 Å². The van der Waals surface area contributed by atoms with Gasteiger partial charge in [0.2, 0.25) is 10.0 Å². The summed E-state index contributed by atoms with van der Waals surface area (Å²) in [4.78, 5) is 17.7. The van der Waals surface area contributed by atoms with Gasteiger partial charge in [-0.05, 0) is 37.0 Å². The topological polar surface area (TPSA) is 109 Å². The predicted octanol–water partition coefficient (Wildman–Crippen LogP) is 4.19. The molecule has 0 bridgehead atoms. The van der Waals surface area contributed by atoms with E-state index in [1.54, 1.807) is 38.3 Å². The number of carbonyl (C=O) groups is 1. The lowest BCUT2D eigenvalue weighted by molar-refractivity contribution is 0.0512. The number of imidazole rings is 1. The average molecular weight is 544 g/mol. The van der Waals surface area contributed by atoms with Gasteiger partial charge >= 0.3 is 5.97 Å². The molecule has 0 unspecified atom stereocenters. The first-order valence-corrected chi connectivity index (χ1v) is 14.3. The van der Waals surface area contributed by atoms with E-state index in [9.17, 15) is 13.2 Å². The molecule has 10 heteroatoms. The summed E-state index contributed by atoms with van der Waals surface area (Å²) in [5.74, 6) is 0.486. The molecule has 38 heavy (non-hydrogen) atoms. The first-order chi connectivity index (χ1) is 18.4. The Morgan fingerprint density at radius 3 is 2.42 bits per heavy atom. The van der Waals surface area contributed by atoms with Crippen LogP contribution >= 0.6 is 0 Å². The van der Waals surface area contributed by atoms with Crippen molar-refractivity contribution in [1.29, 1.82) is 0 Å². The Labute approximate surface area is 225 Å². The second-order valence-electron chi connectivity index (χ2n) is 8.62. The van der Waals surface area contributed by atoms with Gasteiger partial charge in [-0.15, -0.1) is 0 Å². The normalized spacial score (nSPS) is 11.6. The highest BCUT2D eigenvalue weighted by Crippen LogP contribution is 2.28. The summed E-state index contributed by atoms with van der Waals surface area (Å²) < 4.78 is 45.9. The van der Waals surface area contributed by atoms with Crippen molar-refractivity contribution in [2.75, 3.05) is 33.7 Å². The molecule has 0 fully saturated rings. The molecule has 0 saturated carbocycles. The highest BCUT2D eigenvalue weighted by molar-refractivity contribution is 7.89. The third-order valence-corrected chi connectivity index (χ3v) is 7.39. The van der Waals surface area contributed by atoms with Crippen LogP contribution in [0, 0.1) is 0 Å². The van der Waals surface area contributed by atoms with E-state index in [-0.39, 0.29) is 24.2 Å². The van der Waals surface area contributed by atoms with Gasteiger partial charge in [-0.2, -0.15) is 4.72 Å². The standard InChI is InChI=1S/C28H37N3O6S/c1-5-10-26-30-24(6-2)27(28(32)37-7-3)31(26)19-21-13-15-22(16-14-21)23-11-8-9-12-25(23)38(33,34)29-20-36-18-17-35-4/h8-9,11-16,29H,5-7,10,17-20H2,1-4H3. The molecule has 2 aromatic carbocycles. The number of benzene rings is 2.